The molecule has 5 heteroatoms. The second-order valence-corrected chi connectivity index (χ2v) is 3.11. The molecule has 0 aliphatic rings. The Morgan fingerprint density at radius 1 is 1.38 bits per heavy atom. The minimum Gasteiger partial charge on any atom is -0.478 e. The Morgan fingerprint density at radius 3 is 2.31 bits per heavy atom. The molecule has 0 spiro atoms. The maximum absolute atomic E-state index is 10.4. The van der Waals surface area contributed by atoms with Gasteiger partial charge >= 0.3 is 5.97 Å². The van der Waals surface area contributed by atoms with Gasteiger partial charge in [0.1, 0.15) is 5.75 Å². The highest BCUT2D eigenvalue weighted by Gasteiger charge is 2.02. The van der Waals surface area contributed by atoms with Gasteiger partial charge in [0.2, 0.25) is 0 Å². The van der Waals surface area contributed by atoms with Gasteiger partial charge in [-0.3, -0.25) is 0 Å². The summed E-state index contributed by atoms with van der Waals surface area (Å²) >= 11 is 9.80. The first-order valence-corrected chi connectivity index (χ1v) is 4.09. The molecule has 0 radical (unpaired) electrons. The maximum Gasteiger partial charge on any atom is 0.335 e. The van der Waals surface area contributed by atoms with Crippen LogP contribution in [-0.4, -0.2) is 15.6 Å². The topological polar surface area (TPSA) is 46.5 Å². The molecule has 0 unspecified atom stereocenters. The molecule has 0 bridgehead atoms. The lowest BCUT2D eigenvalue weighted by Gasteiger charge is -2.00. The molecule has 0 fully saturated rings. The molecule has 0 heterocycles. The zero-order valence-corrected chi connectivity index (χ0v) is 7.93. The Kier molecular flexibility index (Phi) is 3.22. The van der Waals surface area contributed by atoms with Gasteiger partial charge in [0, 0.05) is 0 Å². The molecule has 0 atom stereocenters. The van der Waals surface area contributed by atoms with Crippen LogP contribution in [-0.2, 0) is 0 Å². The van der Waals surface area contributed by atoms with Crippen molar-refractivity contribution in [2.45, 2.75) is 0 Å². The van der Waals surface area contributed by atoms with E-state index in [0.29, 0.717) is 5.75 Å². The number of carboxylic acid groups (broad SMARTS) is 1. The molecular formula is C8H5ClO3S. The quantitative estimate of drug-likeness (QED) is 0.609. The van der Waals surface area contributed by atoms with Crippen LogP contribution in [0.5, 0.6) is 5.75 Å². The van der Waals surface area contributed by atoms with E-state index in [-0.39, 0.29) is 10.1 Å². The first-order valence-electron chi connectivity index (χ1n) is 3.30. The van der Waals surface area contributed by atoms with Crippen molar-refractivity contribution >= 4 is 34.3 Å². The molecule has 0 amide bonds. The summed E-state index contributed by atoms with van der Waals surface area (Å²) < 4.78 is 4.73. The number of hydrogen-bond acceptors (Lipinski definition) is 3. The molecule has 1 rings (SSSR count). The van der Waals surface area contributed by atoms with E-state index in [0.717, 1.165) is 0 Å². The van der Waals surface area contributed by atoms with Crippen molar-refractivity contribution in [2.24, 2.45) is 0 Å². The van der Waals surface area contributed by atoms with E-state index in [9.17, 15) is 4.79 Å². The van der Waals surface area contributed by atoms with E-state index in [1.165, 1.54) is 24.3 Å². The third-order valence-electron chi connectivity index (χ3n) is 1.30. The van der Waals surface area contributed by atoms with Gasteiger partial charge < -0.3 is 9.84 Å². The van der Waals surface area contributed by atoms with E-state index < -0.39 is 5.97 Å². The Morgan fingerprint density at radius 2 is 1.92 bits per heavy atom. The van der Waals surface area contributed by atoms with Crippen molar-refractivity contribution in [3.8, 4) is 5.75 Å². The summed E-state index contributed by atoms with van der Waals surface area (Å²) in [7, 11) is 0. The molecule has 68 valence electrons. The number of ether oxygens (including phenoxy) is 1. The van der Waals surface area contributed by atoms with Crippen molar-refractivity contribution < 1.29 is 14.6 Å². The predicted molar refractivity (Wildman–Crippen MR) is 52.5 cm³/mol. The van der Waals surface area contributed by atoms with Gasteiger partial charge in [0.15, 0.2) is 0 Å². The Bertz CT molecular complexity index is 334. The average Bonchev–Trinajstić information content (AvgIpc) is 2.04. The number of aromatic carboxylic acids is 1. The third kappa shape index (κ3) is 3.01. The van der Waals surface area contributed by atoms with Crippen molar-refractivity contribution in [3.05, 3.63) is 29.8 Å². The zero-order chi connectivity index (χ0) is 9.84. The number of hydrogen-bond donors (Lipinski definition) is 1. The van der Waals surface area contributed by atoms with Crippen molar-refractivity contribution in [3.63, 3.8) is 0 Å². The van der Waals surface area contributed by atoms with Crippen LogP contribution in [0.2, 0.25) is 0 Å². The van der Waals surface area contributed by atoms with Gasteiger partial charge in [0.25, 0.3) is 4.51 Å². The molecule has 13 heavy (non-hydrogen) atoms. The van der Waals surface area contributed by atoms with E-state index in [1.54, 1.807) is 0 Å². The maximum atomic E-state index is 10.4. The molecule has 0 aliphatic carbocycles. The van der Waals surface area contributed by atoms with Crippen LogP contribution >= 0.6 is 23.8 Å². The molecule has 1 aromatic rings. The number of carbonyl (C=O) groups is 1. The highest BCUT2D eigenvalue weighted by Crippen LogP contribution is 2.13. The molecule has 0 saturated carbocycles. The van der Waals surface area contributed by atoms with E-state index in [2.05, 4.69) is 12.2 Å². The van der Waals surface area contributed by atoms with Crippen LogP contribution in [0.4, 0.5) is 0 Å². The van der Waals surface area contributed by atoms with Crippen molar-refractivity contribution in [1.29, 1.82) is 0 Å². The first kappa shape index (κ1) is 9.95. The van der Waals surface area contributed by atoms with Crippen LogP contribution in [0.3, 0.4) is 0 Å². The zero-order valence-electron chi connectivity index (χ0n) is 6.36. The number of carboxylic acids is 1. The number of thiocarbonyl (C=S) groups is 1. The summed E-state index contributed by atoms with van der Waals surface area (Å²) in [5, 5.41) is 8.56. The summed E-state index contributed by atoms with van der Waals surface area (Å²) in [4.78, 5) is 10.4. The van der Waals surface area contributed by atoms with Gasteiger partial charge in [-0.15, -0.1) is 0 Å². The van der Waals surface area contributed by atoms with Crippen LogP contribution in [0.25, 0.3) is 0 Å². The fourth-order valence-electron chi connectivity index (χ4n) is 0.758. The molecule has 0 aromatic heterocycles. The summed E-state index contributed by atoms with van der Waals surface area (Å²) in [6, 6.07) is 5.79. The minimum absolute atomic E-state index is 0.122. The summed E-state index contributed by atoms with van der Waals surface area (Å²) in [5.74, 6) is -0.565. The molecule has 1 N–H and O–H groups in total. The largest absolute Gasteiger partial charge is 0.478 e. The van der Waals surface area contributed by atoms with E-state index in [1.807, 2.05) is 0 Å². The van der Waals surface area contributed by atoms with Gasteiger partial charge in [-0.25, -0.2) is 4.79 Å². The Hall–Kier alpha value is -1.13. The first-order chi connectivity index (χ1) is 6.09. The lowest BCUT2D eigenvalue weighted by atomic mass is 10.2. The van der Waals surface area contributed by atoms with Crippen molar-refractivity contribution in [2.75, 3.05) is 0 Å². The summed E-state index contributed by atoms with van der Waals surface area (Å²) in [6.45, 7) is 0. The molecule has 1 aromatic carbocycles. The molecule has 0 aliphatic heterocycles. The van der Waals surface area contributed by atoms with Gasteiger partial charge in [-0.2, -0.15) is 0 Å². The fraction of sp³-hybridized carbons (Fsp3) is 0. The number of benzene rings is 1. The monoisotopic (exact) mass is 216 g/mol. The van der Waals surface area contributed by atoms with E-state index in [4.69, 9.17) is 21.4 Å². The van der Waals surface area contributed by atoms with Crippen molar-refractivity contribution in [1.82, 2.24) is 0 Å². The lowest BCUT2D eigenvalue weighted by molar-refractivity contribution is 0.0697. The van der Waals surface area contributed by atoms with Gasteiger partial charge in [-0.05, 0) is 48.1 Å². The smallest absolute Gasteiger partial charge is 0.335 e. The number of halogens is 1. The van der Waals surface area contributed by atoms with Crippen LogP contribution < -0.4 is 4.74 Å². The summed E-state index contributed by atoms with van der Waals surface area (Å²) in [6.07, 6.45) is 0. The van der Waals surface area contributed by atoms with Crippen LogP contribution in [0, 0.1) is 0 Å². The van der Waals surface area contributed by atoms with Gasteiger partial charge in [0.05, 0.1) is 5.56 Å². The second kappa shape index (κ2) is 4.20. The molecule has 3 nitrogen and oxygen atoms in total. The van der Waals surface area contributed by atoms with E-state index >= 15 is 0 Å². The predicted octanol–water partition coefficient (Wildman–Crippen LogP) is 2.29. The highest BCUT2D eigenvalue weighted by molar-refractivity contribution is 7.82. The second-order valence-electron chi connectivity index (χ2n) is 2.17. The fourth-order valence-corrected chi connectivity index (χ4v) is 0.944. The van der Waals surface area contributed by atoms with Crippen LogP contribution in [0.15, 0.2) is 24.3 Å². The lowest BCUT2D eigenvalue weighted by Crippen LogP contribution is -1.98. The standard InChI is InChI=1S/C8H5ClO3S/c9-8(13)12-6-3-1-5(2-4-6)7(10)11/h1-4H,(H,10,11). The highest BCUT2D eigenvalue weighted by atomic mass is 35.5. The molecular weight excluding hydrogens is 212 g/mol. The minimum atomic E-state index is -0.986. The normalized spacial score (nSPS) is 9.31. The third-order valence-corrected chi connectivity index (χ3v) is 1.46. The Labute approximate surface area is 84.9 Å². The summed E-state index contributed by atoms with van der Waals surface area (Å²) in [5.41, 5.74) is 0.188. The van der Waals surface area contributed by atoms with Crippen LogP contribution in [0.1, 0.15) is 10.4 Å². The average molecular weight is 217 g/mol. The SMILES string of the molecule is O=C(O)c1ccc(OC(=S)Cl)cc1. The molecule has 0 saturated heterocycles. The number of rotatable bonds is 2. The van der Waals surface area contributed by atoms with Gasteiger partial charge in [-0.1, -0.05) is 0 Å². The Balaban J connectivity index is 2.81.